The van der Waals surface area contributed by atoms with Crippen molar-refractivity contribution in [3.05, 3.63) is 24.3 Å². The minimum absolute atomic E-state index is 0.00760. The van der Waals surface area contributed by atoms with Gasteiger partial charge in [-0.1, -0.05) is 12.1 Å². The summed E-state index contributed by atoms with van der Waals surface area (Å²) in [5.41, 5.74) is 0.383. The zero-order valence-electron chi connectivity index (χ0n) is 8.88. The second-order valence-corrected chi connectivity index (χ2v) is 3.72. The molecule has 0 aromatic heterocycles. The second kappa shape index (κ2) is 3.84. The van der Waals surface area contributed by atoms with Crippen molar-refractivity contribution in [2.24, 2.45) is 0 Å². The highest BCUT2D eigenvalue weighted by Crippen LogP contribution is 2.27. The molecule has 0 unspecified atom stereocenters. The van der Waals surface area contributed by atoms with Crippen LogP contribution in [0.4, 0.5) is 5.69 Å². The summed E-state index contributed by atoms with van der Waals surface area (Å²) in [7, 11) is 1.59. The molecule has 0 aliphatic carbocycles. The Labute approximate surface area is 92.9 Å². The lowest BCUT2D eigenvalue weighted by molar-refractivity contribution is -0.136. The number of carbonyl (C=O) groups excluding carboxylic acids is 2. The lowest BCUT2D eigenvalue weighted by Gasteiger charge is -2.31. The molecule has 1 aliphatic rings. The van der Waals surface area contributed by atoms with Crippen molar-refractivity contribution in [1.82, 2.24) is 4.90 Å². The van der Waals surface area contributed by atoms with Gasteiger partial charge in [-0.3, -0.25) is 14.5 Å². The number of phenols is 1. The molecule has 2 amide bonds. The smallest absolute Gasteiger partial charge is 0.247 e. The number of likely N-dealkylation sites (N-methyl/N-ethyl adjacent to an activating group) is 1. The van der Waals surface area contributed by atoms with Gasteiger partial charge in [0.1, 0.15) is 12.3 Å². The average molecular weight is 220 g/mol. The molecule has 16 heavy (non-hydrogen) atoms. The van der Waals surface area contributed by atoms with E-state index in [1.807, 2.05) is 0 Å². The molecule has 1 N–H and O–H groups in total. The summed E-state index contributed by atoms with van der Waals surface area (Å²) in [6.07, 6.45) is 0. The standard InChI is InChI=1S/C11H12N2O3/c1-12-6-11(16)13(7-10(12)15)8-4-2-3-5-9(8)14/h2-5,14H,6-7H2,1H3. The van der Waals surface area contributed by atoms with Crippen LogP contribution in [0.1, 0.15) is 0 Å². The molecule has 0 spiro atoms. The normalized spacial score (nSPS) is 16.8. The van der Waals surface area contributed by atoms with Crippen molar-refractivity contribution in [3.8, 4) is 5.75 Å². The van der Waals surface area contributed by atoms with Crippen molar-refractivity contribution in [1.29, 1.82) is 0 Å². The molecule has 1 heterocycles. The number of hydrogen-bond acceptors (Lipinski definition) is 3. The van der Waals surface area contributed by atoms with E-state index in [9.17, 15) is 14.7 Å². The largest absolute Gasteiger partial charge is 0.506 e. The van der Waals surface area contributed by atoms with E-state index in [2.05, 4.69) is 0 Å². The van der Waals surface area contributed by atoms with Gasteiger partial charge in [0.25, 0.3) is 0 Å². The number of aromatic hydroxyl groups is 1. The van der Waals surface area contributed by atoms with E-state index < -0.39 is 0 Å². The summed E-state index contributed by atoms with van der Waals surface area (Å²) in [5.74, 6) is -0.320. The zero-order valence-corrected chi connectivity index (χ0v) is 8.88. The first-order chi connectivity index (χ1) is 7.59. The number of carbonyl (C=O) groups is 2. The van der Waals surface area contributed by atoms with Gasteiger partial charge in [-0.25, -0.2) is 0 Å². The molecule has 1 aliphatic heterocycles. The summed E-state index contributed by atoms with van der Waals surface area (Å²) in [5, 5.41) is 9.61. The highest BCUT2D eigenvalue weighted by Gasteiger charge is 2.29. The molecule has 0 bridgehead atoms. The first-order valence-electron chi connectivity index (χ1n) is 4.92. The zero-order chi connectivity index (χ0) is 11.7. The van der Waals surface area contributed by atoms with Gasteiger partial charge in [-0.15, -0.1) is 0 Å². The Balaban J connectivity index is 2.31. The van der Waals surface area contributed by atoms with Gasteiger partial charge in [0.2, 0.25) is 11.8 Å². The number of hydrogen-bond donors (Lipinski definition) is 1. The van der Waals surface area contributed by atoms with Gasteiger partial charge in [0.05, 0.1) is 12.2 Å². The monoisotopic (exact) mass is 220 g/mol. The van der Waals surface area contributed by atoms with Gasteiger partial charge in [0.15, 0.2) is 0 Å². The van der Waals surface area contributed by atoms with E-state index >= 15 is 0 Å². The van der Waals surface area contributed by atoms with Crippen LogP contribution in [-0.4, -0.2) is 42.0 Å². The number of anilines is 1. The van der Waals surface area contributed by atoms with Gasteiger partial charge in [-0.2, -0.15) is 0 Å². The first-order valence-corrected chi connectivity index (χ1v) is 4.92. The van der Waals surface area contributed by atoms with Crippen LogP contribution >= 0.6 is 0 Å². The topological polar surface area (TPSA) is 60.9 Å². The van der Waals surface area contributed by atoms with Crippen LogP contribution in [-0.2, 0) is 9.59 Å². The lowest BCUT2D eigenvalue weighted by atomic mass is 10.2. The predicted octanol–water partition coefficient (Wildman–Crippen LogP) is 0.197. The first kappa shape index (κ1) is 10.5. The fourth-order valence-electron chi connectivity index (χ4n) is 1.63. The Bertz CT molecular complexity index is 445. The Morgan fingerprint density at radius 3 is 2.50 bits per heavy atom. The van der Waals surface area contributed by atoms with Crippen LogP contribution in [0.3, 0.4) is 0 Å². The van der Waals surface area contributed by atoms with Crippen molar-refractivity contribution >= 4 is 17.5 Å². The van der Waals surface area contributed by atoms with E-state index in [4.69, 9.17) is 0 Å². The Hall–Kier alpha value is -2.04. The minimum atomic E-state index is -0.191. The molecule has 1 saturated heterocycles. The fourth-order valence-corrected chi connectivity index (χ4v) is 1.63. The quantitative estimate of drug-likeness (QED) is 0.735. The lowest BCUT2D eigenvalue weighted by Crippen LogP contribution is -2.52. The third kappa shape index (κ3) is 1.71. The molecule has 0 atom stereocenters. The molecule has 5 heteroatoms. The summed E-state index contributed by atoms with van der Waals surface area (Å²) in [4.78, 5) is 25.9. The summed E-state index contributed by atoms with van der Waals surface area (Å²) >= 11 is 0. The van der Waals surface area contributed by atoms with Gasteiger partial charge in [-0.05, 0) is 12.1 Å². The third-order valence-electron chi connectivity index (χ3n) is 2.57. The Kier molecular flexibility index (Phi) is 2.52. The summed E-state index contributed by atoms with van der Waals surface area (Å²) in [6.45, 7) is 0.0279. The summed E-state index contributed by atoms with van der Waals surface area (Å²) in [6, 6.07) is 6.49. The Morgan fingerprint density at radius 2 is 1.81 bits per heavy atom. The van der Waals surface area contributed by atoms with Crippen molar-refractivity contribution in [2.75, 3.05) is 25.0 Å². The molecule has 1 aromatic rings. The number of para-hydroxylation sites is 2. The molecule has 1 aromatic carbocycles. The Morgan fingerprint density at radius 1 is 1.12 bits per heavy atom. The SMILES string of the molecule is CN1CC(=O)N(c2ccccc2O)CC1=O. The van der Waals surface area contributed by atoms with Crippen LogP contribution in [0.5, 0.6) is 5.75 Å². The molecule has 5 nitrogen and oxygen atoms in total. The number of nitrogens with zero attached hydrogens (tertiary/aromatic N) is 2. The number of benzene rings is 1. The number of rotatable bonds is 1. The van der Waals surface area contributed by atoms with Gasteiger partial charge in [0, 0.05) is 7.05 Å². The van der Waals surface area contributed by atoms with E-state index in [0.29, 0.717) is 5.69 Å². The minimum Gasteiger partial charge on any atom is -0.506 e. The van der Waals surface area contributed by atoms with Crippen molar-refractivity contribution < 1.29 is 14.7 Å². The van der Waals surface area contributed by atoms with Crippen LogP contribution in [0, 0.1) is 0 Å². The molecular weight excluding hydrogens is 208 g/mol. The van der Waals surface area contributed by atoms with Crippen LogP contribution in [0.2, 0.25) is 0 Å². The molecule has 2 rings (SSSR count). The molecule has 0 radical (unpaired) electrons. The molecule has 0 saturated carbocycles. The van der Waals surface area contributed by atoms with E-state index in [1.54, 1.807) is 25.2 Å². The number of amides is 2. The molecule has 1 fully saturated rings. The number of phenolic OH excluding ortho intramolecular Hbond substituents is 1. The predicted molar refractivity (Wildman–Crippen MR) is 58.1 cm³/mol. The van der Waals surface area contributed by atoms with E-state index in [1.165, 1.54) is 15.9 Å². The van der Waals surface area contributed by atoms with Crippen LogP contribution in [0.25, 0.3) is 0 Å². The highest BCUT2D eigenvalue weighted by atomic mass is 16.3. The molecule has 84 valence electrons. The average Bonchev–Trinajstić information content (AvgIpc) is 2.25. The summed E-state index contributed by atoms with van der Waals surface area (Å²) < 4.78 is 0. The van der Waals surface area contributed by atoms with Gasteiger partial charge >= 0.3 is 0 Å². The number of piperazine rings is 1. The van der Waals surface area contributed by atoms with Crippen LogP contribution < -0.4 is 4.90 Å². The third-order valence-corrected chi connectivity index (χ3v) is 2.57. The van der Waals surface area contributed by atoms with Gasteiger partial charge < -0.3 is 10.0 Å². The van der Waals surface area contributed by atoms with Crippen molar-refractivity contribution in [3.63, 3.8) is 0 Å². The van der Waals surface area contributed by atoms with Crippen LogP contribution in [0.15, 0.2) is 24.3 Å². The van der Waals surface area contributed by atoms with Crippen molar-refractivity contribution in [2.45, 2.75) is 0 Å². The maximum atomic E-state index is 11.7. The molecular formula is C11H12N2O3. The maximum Gasteiger partial charge on any atom is 0.247 e. The second-order valence-electron chi connectivity index (χ2n) is 3.72. The van der Waals surface area contributed by atoms with E-state index in [0.717, 1.165) is 0 Å². The highest BCUT2D eigenvalue weighted by molar-refractivity contribution is 6.05. The fraction of sp³-hybridized carbons (Fsp3) is 0.273. The van der Waals surface area contributed by atoms with E-state index in [-0.39, 0.29) is 30.7 Å². The maximum absolute atomic E-state index is 11.7.